The van der Waals surface area contributed by atoms with Gasteiger partial charge in [0.15, 0.2) is 11.5 Å². The molecule has 1 aromatic heterocycles. The molecule has 0 saturated carbocycles. The van der Waals surface area contributed by atoms with Gasteiger partial charge in [0.05, 0.1) is 25.6 Å². The van der Waals surface area contributed by atoms with E-state index in [2.05, 4.69) is 22.2 Å². The summed E-state index contributed by atoms with van der Waals surface area (Å²) >= 11 is 0. The fourth-order valence-electron chi connectivity index (χ4n) is 2.05. The van der Waals surface area contributed by atoms with Gasteiger partial charge in [-0.3, -0.25) is 9.78 Å². The highest BCUT2D eigenvalue weighted by atomic mass is 16.5. The number of unbranched alkanes of at least 4 members (excludes halogenated alkanes) is 1. The Hall–Kier alpha value is -2.63. The van der Waals surface area contributed by atoms with Crippen LogP contribution in [0.4, 0.5) is 0 Å². The molecule has 6 heteroatoms. The van der Waals surface area contributed by atoms with Crippen LogP contribution in [0, 0.1) is 6.92 Å². The van der Waals surface area contributed by atoms with Gasteiger partial charge in [-0.25, -0.2) is 4.98 Å². The minimum absolute atomic E-state index is 0.260. The van der Waals surface area contributed by atoms with Gasteiger partial charge in [-0.2, -0.15) is 0 Å². The predicted molar refractivity (Wildman–Crippen MR) is 91.3 cm³/mol. The van der Waals surface area contributed by atoms with Crippen molar-refractivity contribution in [1.82, 2.24) is 15.3 Å². The number of benzene rings is 1. The lowest BCUT2D eigenvalue weighted by Crippen LogP contribution is -2.24. The number of aryl methyl sites for hydroxylation is 1. The molecule has 0 bridgehead atoms. The van der Waals surface area contributed by atoms with E-state index < -0.39 is 0 Å². The molecule has 0 aliphatic heterocycles. The molecular weight excluding hydrogens is 306 g/mol. The van der Waals surface area contributed by atoms with Gasteiger partial charge in [0.1, 0.15) is 5.69 Å². The summed E-state index contributed by atoms with van der Waals surface area (Å²) in [5.41, 5.74) is 1.99. The summed E-state index contributed by atoms with van der Waals surface area (Å²) in [6.07, 6.45) is 5.11. The summed E-state index contributed by atoms with van der Waals surface area (Å²) in [4.78, 5) is 20.2. The topological polar surface area (TPSA) is 73.3 Å². The van der Waals surface area contributed by atoms with Gasteiger partial charge in [0, 0.05) is 12.7 Å². The summed E-state index contributed by atoms with van der Waals surface area (Å²) in [6, 6.07) is 5.63. The van der Waals surface area contributed by atoms with E-state index in [9.17, 15) is 4.79 Å². The molecule has 1 heterocycles. The largest absolute Gasteiger partial charge is 0.493 e. The van der Waals surface area contributed by atoms with Crippen molar-refractivity contribution in [2.45, 2.75) is 33.2 Å². The number of methoxy groups -OCH3 is 1. The van der Waals surface area contributed by atoms with Crippen LogP contribution in [0.1, 0.15) is 41.5 Å². The fourth-order valence-corrected chi connectivity index (χ4v) is 2.05. The summed E-state index contributed by atoms with van der Waals surface area (Å²) in [5, 5.41) is 2.82. The number of nitrogens with one attached hydrogen (secondary N) is 1. The number of aromatic nitrogens is 2. The molecule has 0 aliphatic rings. The minimum Gasteiger partial charge on any atom is -0.493 e. The Labute approximate surface area is 142 Å². The van der Waals surface area contributed by atoms with Gasteiger partial charge in [0.25, 0.3) is 5.91 Å². The van der Waals surface area contributed by atoms with E-state index in [-0.39, 0.29) is 5.91 Å². The van der Waals surface area contributed by atoms with Crippen LogP contribution in [0.3, 0.4) is 0 Å². The number of amides is 1. The monoisotopic (exact) mass is 329 g/mol. The van der Waals surface area contributed by atoms with Crippen LogP contribution in [0.5, 0.6) is 11.5 Å². The van der Waals surface area contributed by atoms with Gasteiger partial charge >= 0.3 is 0 Å². The molecule has 2 aromatic rings. The molecular formula is C18H23N3O3. The highest BCUT2D eigenvalue weighted by molar-refractivity contribution is 5.91. The first-order chi connectivity index (χ1) is 11.6. The summed E-state index contributed by atoms with van der Waals surface area (Å²) in [5.74, 6) is 1.11. The molecule has 24 heavy (non-hydrogen) atoms. The van der Waals surface area contributed by atoms with Crippen molar-refractivity contribution < 1.29 is 14.3 Å². The Balaban J connectivity index is 1.96. The average Bonchev–Trinajstić information content (AvgIpc) is 2.61. The molecule has 0 unspecified atom stereocenters. The van der Waals surface area contributed by atoms with Crippen LogP contribution in [-0.2, 0) is 6.54 Å². The lowest BCUT2D eigenvalue weighted by molar-refractivity contribution is 0.0945. The molecule has 0 spiro atoms. The zero-order chi connectivity index (χ0) is 17.4. The number of ether oxygens (including phenoxy) is 2. The maximum absolute atomic E-state index is 12.1. The Morgan fingerprint density at radius 1 is 1.21 bits per heavy atom. The van der Waals surface area contributed by atoms with E-state index >= 15 is 0 Å². The SMILES string of the molecule is CCCCOc1ccc(CNC(=O)c2cnc(C)cn2)cc1OC. The number of nitrogens with zero attached hydrogens (tertiary/aromatic N) is 2. The summed E-state index contributed by atoms with van der Waals surface area (Å²) in [7, 11) is 1.60. The second kappa shape index (κ2) is 8.86. The van der Waals surface area contributed by atoms with E-state index in [4.69, 9.17) is 9.47 Å². The molecule has 1 N–H and O–H groups in total. The van der Waals surface area contributed by atoms with E-state index in [1.807, 2.05) is 25.1 Å². The van der Waals surface area contributed by atoms with E-state index in [0.717, 1.165) is 24.1 Å². The van der Waals surface area contributed by atoms with Crippen molar-refractivity contribution in [2.75, 3.05) is 13.7 Å². The molecule has 128 valence electrons. The highest BCUT2D eigenvalue weighted by Gasteiger charge is 2.09. The highest BCUT2D eigenvalue weighted by Crippen LogP contribution is 2.28. The third-order valence-corrected chi connectivity index (χ3v) is 3.45. The zero-order valence-electron chi connectivity index (χ0n) is 14.3. The first kappa shape index (κ1) is 17.7. The van der Waals surface area contributed by atoms with Crippen LogP contribution in [-0.4, -0.2) is 29.6 Å². The van der Waals surface area contributed by atoms with Crippen molar-refractivity contribution >= 4 is 5.91 Å². The van der Waals surface area contributed by atoms with Crippen molar-refractivity contribution in [3.63, 3.8) is 0 Å². The third kappa shape index (κ3) is 4.94. The molecule has 0 radical (unpaired) electrons. The van der Waals surface area contributed by atoms with Crippen molar-refractivity contribution in [3.8, 4) is 11.5 Å². The lowest BCUT2D eigenvalue weighted by atomic mass is 10.2. The summed E-state index contributed by atoms with van der Waals surface area (Å²) < 4.78 is 11.1. The van der Waals surface area contributed by atoms with E-state index in [1.165, 1.54) is 6.20 Å². The Bertz CT molecular complexity index is 672. The van der Waals surface area contributed by atoms with Gasteiger partial charge < -0.3 is 14.8 Å². The normalized spacial score (nSPS) is 10.3. The van der Waals surface area contributed by atoms with E-state index in [1.54, 1.807) is 13.3 Å². The van der Waals surface area contributed by atoms with Crippen LogP contribution in [0.2, 0.25) is 0 Å². The smallest absolute Gasteiger partial charge is 0.271 e. The maximum Gasteiger partial charge on any atom is 0.271 e. The number of carbonyl (C=O) groups is 1. The molecule has 0 saturated heterocycles. The number of rotatable bonds is 8. The van der Waals surface area contributed by atoms with Crippen LogP contribution in [0.25, 0.3) is 0 Å². The van der Waals surface area contributed by atoms with Gasteiger partial charge in [0.2, 0.25) is 0 Å². The Morgan fingerprint density at radius 2 is 2.04 bits per heavy atom. The first-order valence-electron chi connectivity index (χ1n) is 8.00. The number of hydrogen-bond donors (Lipinski definition) is 1. The van der Waals surface area contributed by atoms with Crippen molar-refractivity contribution in [1.29, 1.82) is 0 Å². The molecule has 0 aliphatic carbocycles. The van der Waals surface area contributed by atoms with Gasteiger partial charge in [-0.15, -0.1) is 0 Å². The predicted octanol–water partition coefficient (Wildman–Crippen LogP) is 2.90. The van der Waals surface area contributed by atoms with Crippen molar-refractivity contribution in [2.24, 2.45) is 0 Å². The lowest BCUT2D eigenvalue weighted by Gasteiger charge is -2.12. The van der Waals surface area contributed by atoms with Crippen molar-refractivity contribution in [3.05, 3.63) is 47.5 Å². The van der Waals surface area contributed by atoms with Gasteiger partial charge in [-0.05, 0) is 31.0 Å². The third-order valence-electron chi connectivity index (χ3n) is 3.45. The van der Waals surface area contributed by atoms with Crippen LogP contribution < -0.4 is 14.8 Å². The van der Waals surface area contributed by atoms with Gasteiger partial charge in [-0.1, -0.05) is 19.4 Å². The summed E-state index contributed by atoms with van der Waals surface area (Å²) in [6.45, 7) is 4.98. The second-order valence-corrected chi connectivity index (χ2v) is 5.41. The molecule has 1 aromatic carbocycles. The number of carbonyl (C=O) groups excluding carboxylic acids is 1. The zero-order valence-corrected chi connectivity index (χ0v) is 14.3. The second-order valence-electron chi connectivity index (χ2n) is 5.41. The Morgan fingerprint density at radius 3 is 2.71 bits per heavy atom. The standard InChI is InChI=1S/C18H23N3O3/c1-4-5-8-24-16-7-6-14(9-17(16)23-3)11-21-18(22)15-12-19-13(2)10-20-15/h6-7,9-10,12H,4-5,8,11H2,1-3H3,(H,21,22). The van der Waals surface area contributed by atoms with Crippen LogP contribution in [0.15, 0.2) is 30.6 Å². The van der Waals surface area contributed by atoms with Crippen LogP contribution >= 0.6 is 0 Å². The average molecular weight is 329 g/mol. The minimum atomic E-state index is -0.260. The molecule has 1 amide bonds. The molecule has 0 fully saturated rings. The maximum atomic E-state index is 12.1. The first-order valence-corrected chi connectivity index (χ1v) is 8.00. The Kier molecular flexibility index (Phi) is 6.54. The fraction of sp³-hybridized carbons (Fsp3) is 0.389. The molecule has 6 nitrogen and oxygen atoms in total. The molecule has 0 atom stereocenters. The number of hydrogen-bond acceptors (Lipinski definition) is 5. The quantitative estimate of drug-likeness (QED) is 0.754. The molecule has 2 rings (SSSR count). The van der Waals surface area contributed by atoms with E-state index in [0.29, 0.717) is 30.3 Å².